The number of rotatable bonds is 7. The third-order valence-electron chi connectivity index (χ3n) is 6.47. The summed E-state index contributed by atoms with van der Waals surface area (Å²) in [4.78, 5) is 14.8. The second-order valence-corrected chi connectivity index (χ2v) is 11.6. The number of hydrogen-bond acceptors (Lipinski definition) is 4. The molecule has 30 heavy (non-hydrogen) atoms. The summed E-state index contributed by atoms with van der Waals surface area (Å²) >= 11 is 0. The summed E-state index contributed by atoms with van der Waals surface area (Å²) < 4.78 is 19.0. The van der Waals surface area contributed by atoms with Gasteiger partial charge in [-0.1, -0.05) is 57.9 Å². The maximum Gasteiger partial charge on any atom is 0.307 e. The Morgan fingerprint density at radius 3 is 2.37 bits per heavy atom. The van der Waals surface area contributed by atoms with Crippen LogP contribution in [0.4, 0.5) is 0 Å². The van der Waals surface area contributed by atoms with E-state index in [9.17, 15) is 9.00 Å². The van der Waals surface area contributed by atoms with Crippen LogP contribution in [0.5, 0.6) is 0 Å². The largest absolute Gasteiger partial charge is 0.461 e. The van der Waals surface area contributed by atoms with Gasteiger partial charge in [0.15, 0.2) is 0 Å². The van der Waals surface area contributed by atoms with Crippen LogP contribution < -0.4 is 0 Å². The number of nitrogens with zero attached hydrogens (tertiary/aromatic N) is 1. The average Bonchev–Trinajstić information content (AvgIpc) is 2.73. The molecule has 1 saturated carbocycles. The molecule has 0 radical (unpaired) electrons. The standard InChI is InChI=1S/C25H39NO3S/c1-25(2,3)21-13-11-20(12-14-21)19-30(28)23-10-6-5-9-22(23)29-24(27)15-18-26-16-7-4-8-17-26/h11-14,22-23H,4-10,15-19H2,1-3H3/t22-,23+,30-/m0/s1. The lowest BCUT2D eigenvalue weighted by atomic mass is 9.87. The van der Waals surface area contributed by atoms with Gasteiger partial charge in [0.2, 0.25) is 0 Å². The van der Waals surface area contributed by atoms with Crippen LogP contribution in [-0.2, 0) is 31.5 Å². The van der Waals surface area contributed by atoms with Gasteiger partial charge >= 0.3 is 5.97 Å². The molecular weight excluding hydrogens is 394 g/mol. The quantitative estimate of drug-likeness (QED) is 0.570. The van der Waals surface area contributed by atoms with E-state index >= 15 is 0 Å². The molecule has 1 saturated heterocycles. The van der Waals surface area contributed by atoms with Crippen molar-refractivity contribution in [1.29, 1.82) is 0 Å². The third-order valence-corrected chi connectivity index (χ3v) is 8.30. The van der Waals surface area contributed by atoms with E-state index in [4.69, 9.17) is 4.74 Å². The lowest BCUT2D eigenvalue weighted by molar-refractivity contribution is -0.150. The summed E-state index contributed by atoms with van der Waals surface area (Å²) in [6.45, 7) is 9.58. The minimum Gasteiger partial charge on any atom is -0.461 e. The van der Waals surface area contributed by atoms with E-state index in [2.05, 4.69) is 49.9 Å². The van der Waals surface area contributed by atoms with E-state index < -0.39 is 10.8 Å². The third kappa shape index (κ3) is 6.91. The zero-order chi connectivity index (χ0) is 21.6. The van der Waals surface area contributed by atoms with Crippen molar-refractivity contribution in [3.8, 4) is 0 Å². The fourth-order valence-electron chi connectivity index (χ4n) is 4.53. The second kappa shape index (κ2) is 10.9. The number of likely N-dealkylation sites (tertiary alicyclic amines) is 1. The van der Waals surface area contributed by atoms with E-state index in [1.165, 1.54) is 24.8 Å². The van der Waals surface area contributed by atoms with Gasteiger partial charge in [-0.15, -0.1) is 0 Å². The first kappa shape index (κ1) is 23.5. The molecule has 2 fully saturated rings. The lowest BCUT2D eigenvalue weighted by Gasteiger charge is -2.31. The van der Waals surface area contributed by atoms with E-state index in [0.717, 1.165) is 50.9 Å². The van der Waals surface area contributed by atoms with Gasteiger partial charge < -0.3 is 9.64 Å². The number of hydrogen-bond donors (Lipinski definition) is 0. The van der Waals surface area contributed by atoms with Gasteiger partial charge in [0, 0.05) is 23.1 Å². The number of ether oxygens (including phenoxy) is 1. The molecule has 0 spiro atoms. The molecule has 1 aliphatic heterocycles. The fourth-order valence-corrected chi connectivity index (χ4v) is 6.23. The molecule has 4 nitrogen and oxygen atoms in total. The van der Waals surface area contributed by atoms with Crippen LogP contribution in [0, 0.1) is 0 Å². The summed E-state index contributed by atoms with van der Waals surface area (Å²) in [5.74, 6) is 0.417. The van der Waals surface area contributed by atoms with E-state index in [1.54, 1.807) is 0 Å². The Kier molecular flexibility index (Phi) is 8.52. The van der Waals surface area contributed by atoms with Crippen LogP contribution in [-0.4, -0.2) is 46.1 Å². The monoisotopic (exact) mass is 433 g/mol. The van der Waals surface area contributed by atoms with Crippen molar-refractivity contribution in [2.24, 2.45) is 0 Å². The molecule has 0 unspecified atom stereocenters. The predicted octanol–water partition coefficient (Wildman–Crippen LogP) is 4.96. The Bertz CT molecular complexity index is 704. The summed E-state index contributed by atoms with van der Waals surface area (Å²) in [6.07, 6.45) is 7.87. The normalized spacial score (nSPS) is 24.4. The van der Waals surface area contributed by atoms with Crippen LogP contribution in [0.25, 0.3) is 0 Å². The molecule has 5 heteroatoms. The van der Waals surface area contributed by atoms with Crippen LogP contribution in [0.1, 0.15) is 83.3 Å². The summed E-state index contributed by atoms with van der Waals surface area (Å²) in [5.41, 5.74) is 2.51. The zero-order valence-electron chi connectivity index (χ0n) is 19.0. The molecule has 0 N–H and O–H groups in total. The van der Waals surface area contributed by atoms with Gasteiger partial charge in [-0.3, -0.25) is 9.00 Å². The molecule has 0 aromatic heterocycles. The highest BCUT2D eigenvalue weighted by atomic mass is 32.2. The van der Waals surface area contributed by atoms with Crippen molar-refractivity contribution in [2.75, 3.05) is 19.6 Å². The van der Waals surface area contributed by atoms with Crippen molar-refractivity contribution >= 4 is 16.8 Å². The number of esters is 1. The molecule has 1 aromatic rings. The van der Waals surface area contributed by atoms with Gasteiger partial charge in [0.1, 0.15) is 6.10 Å². The Hall–Kier alpha value is -1.20. The van der Waals surface area contributed by atoms with Crippen molar-refractivity contribution in [2.45, 2.75) is 94.7 Å². The van der Waals surface area contributed by atoms with E-state index in [-0.39, 0.29) is 22.7 Å². The minimum atomic E-state index is -1.03. The Morgan fingerprint density at radius 1 is 1.03 bits per heavy atom. The molecular formula is C25H39NO3S. The van der Waals surface area contributed by atoms with E-state index in [0.29, 0.717) is 12.2 Å². The molecule has 1 aromatic carbocycles. The molecule has 2 aliphatic rings. The van der Waals surface area contributed by atoms with Crippen molar-refractivity contribution in [1.82, 2.24) is 4.90 Å². The van der Waals surface area contributed by atoms with Crippen LogP contribution >= 0.6 is 0 Å². The Labute approximate surface area is 185 Å². The number of piperidine rings is 1. The van der Waals surface area contributed by atoms with E-state index in [1.807, 2.05) is 0 Å². The summed E-state index contributed by atoms with van der Waals surface area (Å²) in [6, 6.07) is 8.49. The molecule has 1 heterocycles. The topological polar surface area (TPSA) is 46.6 Å². The Morgan fingerprint density at radius 2 is 1.70 bits per heavy atom. The number of carbonyl (C=O) groups is 1. The predicted molar refractivity (Wildman–Crippen MR) is 124 cm³/mol. The molecule has 3 atom stereocenters. The SMILES string of the molecule is CC(C)(C)c1ccc(C[S@](=O)[C@@H]2CCCC[C@@H]2OC(=O)CCN2CCCCC2)cc1. The summed E-state index contributed by atoms with van der Waals surface area (Å²) in [5, 5.41) is -0.0417. The van der Waals surface area contributed by atoms with Gasteiger partial charge in [0.05, 0.1) is 11.7 Å². The Balaban J connectivity index is 1.52. The van der Waals surface area contributed by atoms with Gasteiger partial charge in [-0.05, 0) is 61.7 Å². The fraction of sp³-hybridized carbons (Fsp3) is 0.720. The van der Waals surface area contributed by atoms with Gasteiger partial charge in [0.25, 0.3) is 0 Å². The van der Waals surface area contributed by atoms with Crippen LogP contribution in [0.15, 0.2) is 24.3 Å². The highest BCUT2D eigenvalue weighted by molar-refractivity contribution is 7.84. The van der Waals surface area contributed by atoms with Crippen molar-refractivity contribution in [3.05, 3.63) is 35.4 Å². The second-order valence-electron chi connectivity index (χ2n) is 9.98. The van der Waals surface area contributed by atoms with Gasteiger partial charge in [-0.2, -0.15) is 0 Å². The summed E-state index contributed by atoms with van der Waals surface area (Å²) in [7, 11) is -1.03. The smallest absolute Gasteiger partial charge is 0.307 e. The zero-order valence-corrected chi connectivity index (χ0v) is 19.8. The highest BCUT2D eigenvalue weighted by Gasteiger charge is 2.33. The maximum absolute atomic E-state index is 13.2. The van der Waals surface area contributed by atoms with Crippen molar-refractivity contribution < 1.29 is 13.7 Å². The van der Waals surface area contributed by atoms with Gasteiger partial charge in [-0.25, -0.2) is 0 Å². The molecule has 0 bridgehead atoms. The van der Waals surface area contributed by atoms with Crippen molar-refractivity contribution in [3.63, 3.8) is 0 Å². The number of carbonyl (C=O) groups excluding carboxylic acids is 1. The van der Waals surface area contributed by atoms with Crippen LogP contribution in [0.2, 0.25) is 0 Å². The lowest BCUT2D eigenvalue weighted by Crippen LogP contribution is -2.39. The first-order chi connectivity index (χ1) is 14.3. The minimum absolute atomic E-state index is 0.0417. The van der Waals surface area contributed by atoms with Crippen LogP contribution in [0.3, 0.4) is 0 Å². The molecule has 0 amide bonds. The highest BCUT2D eigenvalue weighted by Crippen LogP contribution is 2.28. The average molecular weight is 434 g/mol. The number of benzene rings is 1. The maximum atomic E-state index is 13.2. The molecule has 1 aliphatic carbocycles. The molecule has 168 valence electrons. The first-order valence-electron chi connectivity index (χ1n) is 11.7. The first-order valence-corrected chi connectivity index (χ1v) is 13.1. The molecule has 3 rings (SSSR count).